The Kier molecular flexibility index (Phi) is 4.66. The van der Waals surface area contributed by atoms with Gasteiger partial charge in [-0.05, 0) is 30.7 Å². The van der Waals surface area contributed by atoms with E-state index in [-0.39, 0.29) is 18.2 Å². The molecule has 19 heavy (non-hydrogen) atoms. The molecule has 2 aromatic rings. The highest BCUT2D eigenvalue weighted by molar-refractivity contribution is 9.10. The molecular formula is C15H14BrF2N. The Morgan fingerprint density at radius 3 is 2.32 bits per heavy atom. The third kappa shape index (κ3) is 3.39. The zero-order chi connectivity index (χ0) is 13.8. The first kappa shape index (κ1) is 14.2. The predicted octanol–water partition coefficient (Wildman–Crippen LogP) is 4.58. The predicted molar refractivity (Wildman–Crippen MR) is 75.8 cm³/mol. The van der Waals surface area contributed by atoms with Gasteiger partial charge in [0.05, 0.1) is 0 Å². The maximum Gasteiger partial charge on any atom is 0.130 e. The lowest BCUT2D eigenvalue weighted by atomic mass is 10.1. The molecule has 1 unspecified atom stereocenters. The van der Waals surface area contributed by atoms with Crippen molar-refractivity contribution < 1.29 is 8.78 Å². The molecule has 0 heterocycles. The molecule has 0 saturated carbocycles. The van der Waals surface area contributed by atoms with Crippen LogP contribution in [0, 0.1) is 11.6 Å². The van der Waals surface area contributed by atoms with E-state index in [1.807, 2.05) is 31.2 Å². The van der Waals surface area contributed by atoms with Crippen molar-refractivity contribution in [2.24, 2.45) is 0 Å². The molecule has 4 heteroatoms. The number of rotatable bonds is 4. The van der Waals surface area contributed by atoms with E-state index in [2.05, 4.69) is 21.2 Å². The van der Waals surface area contributed by atoms with E-state index >= 15 is 0 Å². The number of hydrogen-bond acceptors (Lipinski definition) is 1. The van der Waals surface area contributed by atoms with Crippen molar-refractivity contribution in [1.82, 2.24) is 5.32 Å². The largest absolute Gasteiger partial charge is 0.306 e. The van der Waals surface area contributed by atoms with Gasteiger partial charge in [0.1, 0.15) is 11.6 Å². The fraction of sp³-hybridized carbons (Fsp3) is 0.200. The van der Waals surface area contributed by atoms with E-state index in [1.54, 1.807) is 0 Å². The van der Waals surface area contributed by atoms with E-state index in [4.69, 9.17) is 0 Å². The van der Waals surface area contributed by atoms with Crippen LogP contribution in [0.2, 0.25) is 0 Å². The normalized spacial score (nSPS) is 12.4. The monoisotopic (exact) mass is 325 g/mol. The van der Waals surface area contributed by atoms with Crippen LogP contribution >= 0.6 is 15.9 Å². The molecule has 0 bridgehead atoms. The van der Waals surface area contributed by atoms with Crippen LogP contribution in [0.15, 0.2) is 46.9 Å². The number of hydrogen-bond donors (Lipinski definition) is 1. The molecule has 1 atom stereocenters. The van der Waals surface area contributed by atoms with Crippen LogP contribution in [0.5, 0.6) is 0 Å². The molecule has 1 nitrogen and oxygen atoms in total. The van der Waals surface area contributed by atoms with Gasteiger partial charge in [0, 0.05) is 22.6 Å². The van der Waals surface area contributed by atoms with Gasteiger partial charge in [0.15, 0.2) is 0 Å². The van der Waals surface area contributed by atoms with E-state index in [9.17, 15) is 8.78 Å². The SMILES string of the molecule is CC(NCc1c(F)cccc1F)c1ccccc1Br. The molecular weight excluding hydrogens is 312 g/mol. The molecule has 0 aliphatic rings. The van der Waals surface area contributed by atoms with Crippen molar-refractivity contribution in [2.45, 2.75) is 19.5 Å². The lowest BCUT2D eigenvalue weighted by molar-refractivity contribution is 0.508. The summed E-state index contributed by atoms with van der Waals surface area (Å²) in [4.78, 5) is 0. The first-order valence-electron chi connectivity index (χ1n) is 6.00. The first-order valence-corrected chi connectivity index (χ1v) is 6.79. The lowest BCUT2D eigenvalue weighted by Crippen LogP contribution is -2.20. The Bertz CT molecular complexity index is 552. The standard InChI is InChI=1S/C15H14BrF2N/c1-10(11-5-2-3-6-13(11)16)19-9-12-14(17)7-4-8-15(12)18/h2-8,10,19H,9H2,1H3. The van der Waals surface area contributed by atoms with Crippen molar-refractivity contribution in [1.29, 1.82) is 0 Å². The summed E-state index contributed by atoms with van der Waals surface area (Å²) in [6.45, 7) is 2.11. The maximum atomic E-state index is 13.5. The summed E-state index contributed by atoms with van der Waals surface area (Å²) >= 11 is 3.46. The minimum Gasteiger partial charge on any atom is -0.306 e. The number of halogens is 3. The average Bonchev–Trinajstić information content (AvgIpc) is 2.38. The maximum absolute atomic E-state index is 13.5. The second-order valence-corrected chi connectivity index (χ2v) is 5.18. The number of nitrogens with one attached hydrogen (secondary N) is 1. The Labute approximate surface area is 119 Å². The summed E-state index contributed by atoms with van der Waals surface area (Å²) in [7, 11) is 0. The van der Waals surface area contributed by atoms with Crippen LogP contribution in [0.4, 0.5) is 8.78 Å². The van der Waals surface area contributed by atoms with Crippen molar-refractivity contribution in [3.8, 4) is 0 Å². The fourth-order valence-electron chi connectivity index (χ4n) is 1.89. The Hall–Kier alpha value is -1.26. The van der Waals surface area contributed by atoms with Crippen molar-refractivity contribution in [2.75, 3.05) is 0 Å². The van der Waals surface area contributed by atoms with Crippen LogP contribution in [0.25, 0.3) is 0 Å². The third-order valence-electron chi connectivity index (χ3n) is 3.02. The molecule has 0 saturated heterocycles. The van der Waals surface area contributed by atoms with Gasteiger partial charge in [-0.2, -0.15) is 0 Å². The topological polar surface area (TPSA) is 12.0 Å². The van der Waals surface area contributed by atoms with Gasteiger partial charge in [0.2, 0.25) is 0 Å². The summed E-state index contributed by atoms with van der Waals surface area (Å²) in [5, 5.41) is 3.13. The molecule has 2 rings (SSSR count). The molecule has 2 aromatic carbocycles. The van der Waals surface area contributed by atoms with E-state index in [1.165, 1.54) is 18.2 Å². The van der Waals surface area contributed by atoms with Gasteiger partial charge in [-0.25, -0.2) is 8.78 Å². The molecule has 0 amide bonds. The van der Waals surface area contributed by atoms with Crippen LogP contribution in [-0.2, 0) is 6.54 Å². The summed E-state index contributed by atoms with van der Waals surface area (Å²) in [6.07, 6.45) is 0. The molecule has 0 radical (unpaired) electrons. The molecule has 100 valence electrons. The van der Waals surface area contributed by atoms with E-state index in [0.717, 1.165) is 10.0 Å². The summed E-state index contributed by atoms with van der Waals surface area (Å²) < 4.78 is 28.0. The smallest absolute Gasteiger partial charge is 0.130 e. The van der Waals surface area contributed by atoms with Crippen molar-refractivity contribution in [3.63, 3.8) is 0 Å². The lowest BCUT2D eigenvalue weighted by Gasteiger charge is -2.16. The molecule has 0 aliphatic heterocycles. The number of benzene rings is 2. The van der Waals surface area contributed by atoms with Gasteiger partial charge in [-0.15, -0.1) is 0 Å². The molecule has 0 fully saturated rings. The van der Waals surface area contributed by atoms with Gasteiger partial charge in [-0.1, -0.05) is 40.2 Å². The second-order valence-electron chi connectivity index (χ2n) is 4.32. The van der Waals surface area contributed by atoms with Gasteiger partial charge >= 0.3 is 0 Å². The van der Waals surface area contributed by atoms with Gasteiger partial charge < -0.3 is 5.32 Å². The van der Waals surface area contributed by atoms with Crippen LogP contribution in [0.1, 0.15) is 24.1 Å². The molecule has 0 aromatic heterocycles. The van der Waals surface area contributed by atoms with Gasteiger partial charge in [-0.3, -0.25) is 0 Å². The van der Waals surface area contributed by atoms with Crippen LogP contribution in [-0.4, -0.2) is 0 Å². The Morgan fingerprint density at radius 2 is 1.68 bits per heavy atom. The van der Waals surface area contributed by atoms with Gasteiger partial charge in [0.25, 0.3) is 0 Å². The Balaban J connectivity index is 2.09. The van der Waals surface area contributed by atoms with E-state index in [0.29, 0.717) is 0 Å². The second kappa shape index (κ2) is 6.26. The zero-order valence-electron chi connectivity index (χ0n) is 10.5. The third-order valence-corrected chi connectivity index (χ3v) is 3.74. The zero-order valence-corrected chi connectivity index (χ0v) is 12.0. The highest BCUT2D eigenvalue weighted by atomic mass is 79.9. The molecule has 1 N–H and O–H groups in total. The first-order chi connectivity index (χ1) is 9.09. The minimum atomic E-state index is -0.521. The highest BCUT2D eigenvalue weighted by Crippen LogP contribution is 2.23. The molecule has 0 spiro atoms. The molecule has 0 aliphatic carbocycles. The summed E-state index contributed by atoms with van der Waals surface area (Å²) in [6, 6.07) is 11.7. The highest BCUT2D eigenvalue weighted by Gasteiger charge is 2.12. The fourth-order valence-corrected chi connectivity index (χ4v) is 2.52. The summed E-state index contributed by atoms with van der Waals surface area (Å²) in [5.41, 5.74) is 1.13. The van der Waals surface area contributed by atoms with Crippen LogP contribution < -0.4 is 5.32 Å². The van der Waals surface area contributed by atoms with Crippen LogP contribution in [0.3, 0.4) is 0 Å². The van der Waals surface area contributed by atoms with E-state index < -0.39 is 11.6 Å². The summed E-state index contributed by atoms with van der Waals surface area (Å²) in [5.74, 6) is -1.04. The Morgan fingerprint density at radius 1 is 1.05 bits per heavy atom. The van der Waals surface area contributed by atoms with Crippen molar-refractivity contribution in [3.05, 3.63) is 69.7 Å². The minimum absolute atomic E-state index is 0.00502. The van der Waals surface area contributed by atoms with Crippen molar-refractivity contribution >= 4 is 15.9 Å². The average molecular weight is 326 g/mol. The quantitative estimate of drug-likeness (QED) is 0.867.